The lowest BCUT2D eigenvalue weighted by Gasteiger charge is -2.20. The minimum atomic E-state index is -1.61. The molecule has 1 aliphatic heterocycles. The highest BCUT2D eigenvalue weighted by Gasteiger charge is 2.36. The van der Waals surface area contributed by atoms with Crippen molar-refractivity contribution < 1.29 is 14.8 Å². The fourth-order valence-electron chi connectivity index (χ4n) is 4.77. The first-order valence-corrected chi connectivity index (χ1v) is 17.5. The zero-order valence-corrected chi connectivity index (χ0v) is 29.8. The molecule has 8 nitrogen and oxygen atoms in total. The summed E-state index contributed by atoms with van der Waals surface area (Å²) >= 11 is 19.3. The van der Waals surface area contributed by atoms with Gasteiger partial charge in [0.2, 0.25) is 0 Å². The number of carbonyl (C=O) groups excluding carboxylic acids is 2. The smallest absolute Gasteiger partial charge is 0.266 e. The summed E-state index contributed by atoms with van der Waals surface area (Å²) in [5, 5.41) is 20.3. The number of benzene rings is 4. The number of imide groups is 1. The van der Waals surface area contributed by atoms with Gasteiger partial charge in [-0.25, -0.2) is 4.99 Å². The van der Waals surface area contributed by atoms with Gasteiger partial charge in [0.15, 0.2) is 5.82 Å². The summed E-state index contributed by atoms with van der Waals surface area (Å²) < 4.78 is -1.61. The molecule has 1 unspecified atom stereocenters. The molecule has 0 saturated carbocycles. The molecular weight excluding hydrogens is 711 g/mol. The van der Waals surface area contributed by atoms with Gasteiger partial charge in [-0.3, -0.25) is 30.3 Å². The van der Waals surface area contributed by atoms with Gasteiger partial charge < -0.3 is 0 Å². The van der Waals surface area contributed by atoms with E-state index < -0.39 is 17.1 Å². The fourth-order valence-corrected chi connectivity index (χ4v) is 7.08. The topological polar surface area (TPSA) is 111 Å². The number of amidine groups is 1. The largest absolute Gasteiger partial charge is 0.290 e. The van der Waals surface area contributed by atoms with Crippen molar-refractivity contribution in [3.8, 4) is 0 Å². The lowest BCUT2D eigenvalue weighted by molar-refractivity contribution is 0.0642. The molecule has 248 valence electrons. The van der Waals surface area contributed by atoms with Crippen LogP contribution in [0.3, 0.4) is 0 Å². The number of aliphatic imine (C=N–C) groups is 1. The third-order valence-electron chi connectivity index (χ3n) is 6.89. The first-order valence-electron chi connectivity index (χ1n) is 14.6. The molecular formula is C35H32Cl4N5O3P. The van der Waals surface area contributed by atoms with E-state index in [0.717, 1.165) is 10.6 Å². The molecule has 13 heteroatoms. The van der Waals surface area contributed by atoms with Crippen LogP contribution in [0.15, 0.2) is 126 Å². The predicted molar refractivity (Wildman–Crippen MR) is 198 cm³/mol. The van der Waals surface area contributed by atoms with Crippen molar-refractivity contribution in [3.63, 3.8) is 0 Å². The van der Waals surface area contributed by atoms with E-state index in [1.165, 1.54) is 15.9 Å². The highest BCUT2D eigenvalue weighted by atomic mass is 35.6. The van der Waals surface area contributed by atoms with Crippen molar-refractivity contribution in [1.82, 2.24) is 20.6 Å². The number of amides is 2. The monoisotopic (exact) mass is 741 g/mol. The molecule has 6 rings (SSSR count). The van der Waals surface area contributed by atoms with E-state index in [1.54, 1.807) is 37.3 Å². The van der Waals surface area contributed by atoms with Crippen LogP contribution in [0.4, 0.5) is 5.82 Å². The van der Waals surface area contributed by atoms with Gasteiger partial charge in [-0.05, 0) is 42.9 Å². The summed E-state index contributed by atoms with van der Waals surface area (Å²) in [5.41, 5.74) is 3.66. The Morgan fingerprint density at radius 2 is 1.21 bits per heavy atom. The molecule has 1 aliphatic rings. The van der Waals surface area contributed by atoms with E-state index >= 15 is 0 Å². The number of H-pyrrole nitrogens is 1. The fraction of sp³-hybridized carbons (Fsp3) is 0.143. The highest BCUT2D eigenvalue weighted by Crippen LogP contribution is 2.32. The van der Waals surface area contributed by atoms with Gasteiger partial charge >= 0.3 is 0 Å². The number of rotatable bonds is 7. The first kappa shape index (κ1) is 37.1. The van der Waals surface area contributed by atoms with Crippen LogP contribution in [0.2, 0.25) is 0 Å². The minimum absolute atomic E-state index is 0.0994. The number of halogens is 4. The molecule has 0 aliphatic carbocycles. The van der Waals surface area contributed by atoms with Gasteiger partial charge in [-0.2, -0.15) is 5.10 Å². The maximum atomic E-state index is 12.4. The standard InChI is InChI=1S/C18H15P.C16H17N5O3.CCl4/c1-4-10-16(11-5-1)19(17-12-6-2-7-13-17)18-14-8-3-9-15-18;1-9(14(20-24)17-13-7-10(2)18-19-13)8-21-15(22)11-5-3-4-6-12(11)16(21)23;2-1(3,4)5/h1-15H;3-7,9,24H,8H2,1-2H3,(H2,17,18,19,20);. The van der Waals surface area contributed by atoms with Gasteiger partial charge in [0.05, 0.1) is 11.1 Å². The maximum absolute atomic E-state index is 12.4. The van der Waals surface area contributed by atoms with Gasteiger partial charge in [-0.15, -0.1) is 0 Å². The molecule has 3 N–H and O–H groups in total. The maximum Gasteiger partial charge on any atom is 0.266 e. The quantitative estimate of drug-likeness (QED) is 0.0396. The number of carbonyl (C=O) groups is 2. The van der Waals surface area contributed by atoms with E-state index in [9.17, 15) is 14.8 Å². The molecule has 0 spiro atoms. The number of hydrogen-bond acceptors (Lipinski definition) is 5. The van der Waals surface area contributed by atoms with E-state index in [0.29, 0.717) is 16.9 Å². The van der Waals surface area contributed by atoms with Crippen molar-refractivity contribution in [1.29, 1.82) is 0 Å². The van der Waals surface area contributed by atoms with Crippen LogP contribution in [0.1, 0.15) is 33.3 Å². The minimum Gasteiger partial charge on any atom is -0.290 e. The Kier molecular flexibility index (Phi) is 13.6. The number of fused-ring (bicyclic) bond motifs is 1. The summed E-state index contributed by atoms with van der Waals surface area (Å²) in [6.07, 6.45) is 0. The molecule has 2 amide bonds. The van der Waals surface area contributed by atoms with Crippen LogP contribution < -0.4 is 21.4 Å². The van der Waals surface area contributed by atoms with Crippen LogP contribution in [-0.4, -0.2) is 47.8 Å². The second kappa shape index (κ2) is 17.6. The zero-order valence-electron chi connectivity index (χ0n) is 25.9. The van der Waals surface area contributed by atoms with Crippen molar-refractivity contribution >= 4 is 93.7 Å². The van der Waals surface area contributed by atoms with Crippen molar-refractivity contribution in [2.24, 2.45) is 10.9 Å². The van der Waals surface area contributed by atoms with E-state index in [1.807, 2.05) is 12.4 Å². The summed E-state index contributed by atoms with van der Waals surface area (Å²) in [5.74, 6) is -0.448. The number of nitrogens with zero attached hydrogens (tertiary/aromatic N) is 3. The molecule has 0 bridgehead atoms. The number of hydrogen-bond donors (Lipinski definition) is 3. The highest BCUT2D eigenvalue weighted by molar-refractivity contribution is 7.79. The molecule has 2 heterocycles. The van der Waals surface area contributed by atoms with Gasteiger partial charge in [-0.1, -0.05) is 156 Å². The predicted octanol–water partition coefficient (Wildman–Crippen LogP) is 7.66. The molecule has 5 aromatic rings. The SMILES string of the molecule is Cc1cc(N=C(NO)C(C)CN2C(=O)c3ccccc3C2=O)n[nH]1.ClC(Cl)(Cl)Cl.c1ccc(P(c2ccccc2)c2ccccc2)cc1. The van der Waals surface area contributed by atoms with E-state index in [2.05, 4.69) is 106 Å². The molecule has 0 fully saturated rings. The van der Waals surface area contributed by atoms with E-state index in [-0.39, 0.29) is 24.2 Å². The molecule has 4 aromatic carbocycles. The lowest BCUT2D eigenvalue weighted by atomic mass is 10.1. The number of alkyl halides is 4. The zero-order chi connectivity index (χ0) is 34.7. The number of aromatic nitrogens is 2. The molecule has 1 aromatic heterocycles. The first-order chi connectivity index (χ1) is 23.0. The summed E-state index contributed by atoms with van der Waals surface area (Å²) in [6.45, 7) is 3.69. The number of aromatic amines is 1. The molecule has 48 heavy (non-hydrogen) atoms. The Bertz CT molecular complexity index is 1690. The Morgan fingerprint density at radius 1 is 0.812 bits per heavy atom. The Hall–Kier alpha value is -3.75. The van der Waals surface area contributed by atoms with Crippen molar-refractivity contribution in [2.45, 2.75) is 17.1 Å². The van der Waals surface area contributed by atoms with Crippen LogP contribution in [-0.2, 0) is 0 Å². The van der Waals surface area contributed by atoms with Crippen LogP contribution >= 0.6 is 54.3 Å². The lowest BCUT2D eigenvalue weighted by Crippen LogP contribution is -2.39. The summed E-state index contributed by atoms with van der Waals surface area (Å²) in [7, 11) is -0.446. The Morgan fingerprint density at radius 3 is 1.56 bits per heavy atom. The normalized spacial score (nSPS) is 13.2. The third kappa shape index (κ3) is 10.6. The number of nitrogens with one attached hydrogen (secondary N) is 2. The van der Waals surface area contributed by atoms with Crippen LogP contribution in [0, 0.1) is 12.8 Å². The second-order valence-corrected chi connectivity index (χ2v) is 16.1. The third-order valence-corrected chi connectivity index (χ3v) is 9.33. The average Bonchev–Trinajstić information content (AvgIpc) is 3.60. The molecule has 0 saturated heterocycles. The van der Waals surface area contributed by atoms with Gasteiger partial charge in [0, 0.05) is 24.2 Å². The number of hydroxylamine groups is 1. The average molecular weight is 743 g/mol. The van der Waals surface area contributed by atoms with Crippen LogP contribution in [0.25, 0.3) is 0 Å². The second-order valence-electron chi connectivity index (χ2n) is 10.5. The number of aryl methyl sites for hydroxylation is 1. The van der Waals surface area contributed by atoms with Crippen molar-refractivity contribution in [2.75, 3.05) is 6.54 Å². The summed E-state index contributed by atoms with van der Waals surface area (Å²) in [6, 6.07) is 40.7. The Balaban J connectivity index is 0.000000194. The van der Waals surface area contributed by atoms with E-state index in [4.69, 9.17) is 46.4 Å². The Labute approximate surface area is 300 Å². The van der Waals surface area contributed by atoms with Gasteiger partial charge in [0.1, 0.15) is 5.84 Å². The van der Waals surface area contributed by atoms with Crippen molar-refractivity contribution in [3.05, 3.63) is 138 Å². The van der Waals surface area contributed by atoms with Crippen LogP contribution in [0.5, 0.6) is 0 Å². The molecule has 0 radical (unpaired) electrons. The summed E-state index contributed by atoms with van der Waals surface area (Å²) in [4.78, 5) is 30.1. The molecule has 1 atom stereocenters. The van der Waals surface area contributed by atoms with Gasteiger partial charge in [0.25, 0.3) is 15.1 Å².